The number of anilines is 1. The number of ether oxygens (including phenoxy) is 2. The molecule has 1 heterocycles. The standard InChI is InChI=1S/C26H24FN3O3/c1-16-6-5-7-18(12-16)25-21(15-30(29-25)20-10-8-19(27)9-11-20)26(31)28-22-14-24(33-4)23(32-3)13-17(22)2/h5-15H,1-4H3,(H,28,31). The lowest BCUT2D eigenvalue weighted by Gasteiger charge is -2.13. The molecule has 0 saturated carbocycles. The van der Waals surface area contributed by atoms with Crippen LogP contribution in [0.1, 0.15) is 21.5 Å². The summed E-state index contributed by atoms with van der Waals surface area (Å²) in [5, 5.41) is 7.62. The Bertz CT molecular complexity index is 1310. The van der Waals surface area contributed by atoms with Crippen LogP contribution in [0.25, 0.3) is 16.9 Å². The molecule has 4 aromatic rings. The summed E-state index contributed by atoms with van der Waals surface area (Å²) in [7, 11) is 3.11. The van der Waals surface area contributed by atoms with E-state index in [-0.39, 0.29) is 11.7 Å². The zero-order valence-electron chi connectivity index (χ0n) is 18.8. The number of carbonyl (C=O) groups is 1. The van der Waals surface area contributed by atoms with Crippen molar-refractivity contribution < 1.29 is 18.7 Å². The molecule has 33 heavy (non-hydrogen) atoms. The zero-order chi connectivity index (χ0) is 23.5. The van der Waals surface area contributed by atoms with Gasteiger partial charge in [-0.05, 0) is 55.8 Å². The molecule has 0 saturated heterocycles. The van der Waals surface area contributed by atoms with Crippen LogP contribution in [0.4, 0.5) is 10.1 Å². The van der Waals surface area contributed by atoms with Gasteiger partial charge in [0.15, 0.2) is 11.5 Å². The molecule has 0 aliphatic heterocycles. The quantitative estimate of drug-likeness (QED) is 0.422. The van der Waals surface area contributed by atoms with Gasteiger partial charge in [0, 0.05) is 23.5 Å². The van der Waals surface area contributed by atoms with Gasteiger partial charge >= 0.3 is 0 Å². The second-order valence-corrected chi connectivity index (χ2v) is 7.66. The van der Waals surface area contributed by atoms with Crippen LogP contribution in [-0.2, 0) is 0 Å². The first-order valence-corrected chi connectivity index (χ1v) is 10.4. The summed E-state index contributed by atoms with van der Waals surface area (Å²) < 4.78 is 25.7. The summed E-state index contributed by atoms with van der Waals surface area (Å²) in [5.74, 6) is 0.429. The molecule has 0 aliphatic carbocycles. The molecular formula is C26H24FN3O3. The van der Waals surface area contributed by atoms with Crippen molar-refractivity contribution in [1.29, 1.82) is 0 Å². The SMILES string of the molecule is COc1cc(C)c(NC(=O)c2cn(-c3ccc(F)cc3)nc2-c2cccc(C)c2)cc1OC. The predicted molar refractivity (Wildman–Crippen MR) is 126 cm³/mol. The number of nitrogens with zero attached hydrogens (tertiary/aromatic N) is 2. The van der Waals surface area contributed by atoms with E-state index >= 15 is 0 Å². The maximum absolute atomic E-state index is 13.4. The molecule has 4 rings (SSSR count). The van der Waals surface area contributed by atoms with E-state index in [1.54, 1.807) is 49.4 Å². The molecule has 1 amide bonds. The second-order valence-electron chi connectivity index (χ2n) is 7.66. The van der Waals surface area contributed by atoms with Crippen molar-refractivity contribution in [2.75, 3.05) is 19.5 Å². The Balaban J connectivity index is 1.77. The zero-order valence-corrected chi connectivity index (χ0v) is 18.8. The highest BCUT2D eigenvalue weighted by Crippen LogP contribution is 2.33. The summed E-state index contributed by atoms with van der Waals surface area (Å²) in [5.41, 5.74) is 4.84. The molecule has 1 aromatic heterocycles. The third kappa shape index (κ3) is 4.57. The Morgan fingerprint density at radius 2 is 1.67 bits per heavy atom. The number of hydrogen-bond acceptors (Lipinski definition) is 4. The highest BCUT2D eigenvalue weighted by molar-refractivity contribution is 6.08. The number of hydrogen-bond donors (Lipinski definition) is 1. The third-order valence-electron chi connectivity index (χ3n) is 5.32. The van der Waals surface area contributed by atoms with E-state index < -0.39 is 0 Å². The normalized spacial score (nSPS) is 10.7. The number of rotatable bonds is 6. The van der Waals surface area contributed by atoms with Crippen LogP contribution in [0.3, 0.4) is 0 Å². The van der Waals surface area contributed by atoms with Crippen LogP contribution in [0.5, 0.6) is 11.5 Å². The van der Waals surface area contributed by atoms with Gasteiger partial charge in [-0.1, -0.05) is 23.8 Å². The summed E-state index contributed by atoms with van der Waals surface area (Å²) in [6.07, 6.45) is 1.65. The summed E-state index contributed by atoms with van der Waals surface area (Å²) in [4.78, 5) is 13.4. The number of aryl methyl sites for hydroxylation is 2. The predicted octanol–water partition coefficient (Wildman–Crippen LogP) is 5.56. The Morgan fingerprint density at radius 3 is 2.33 bits per heavy atom. The van der Waals surface area contributed by atoms with E-state index in [1.165, 1.54) is 12.1 Å². The van der Waals surface area contributed by atoms with Crippen molar-refractivity contribution in [2.24, 2.45) is 0 Å². The monoisotopic (exact) mass is 445 g/mol. The van der Waals surface area contributed by atoms with Crippen LogP contribution >= 0.6 is 0 Å². The van der Waals surface area contributed by atoms with Crippen molar-refractivity contribution >= 4 is 11.6 Å². The van der Waals surface area contributed by atoms with Crippen molar-refractivity contribution in [3.63, 3.8) is 0 Å². The minimum atomic E-state index is -0.341. The molecule has 168 valence electrons. The molecule has 1 N–H and O–H groups in total. The van der Waals surface area contributed by atoms with Gasteiger partial charge in [-0.25, -0.2) is 9.07 Å². The van der Waals surface area contributed by atoms with Gasteiger partial charge in [-0.15, -0.1) is 0 Å². The van der Waals surface area contributed by atoms with Gasteiger partial charge < -0.3 is 14.8 Å². The van der Waals surface area contributed by atoms with Gasteiger partial charge in [-0.3, -0.25) is 4.79 Å². The number of benzene rings is 3. The van der Waals surface area contributed by atoms with Crippen molar-refractivity contribution in [3.8, 4) is 28.4 Å². The number of amides is 1. The van der Waals surface area contributed by atoms with Crippen LogP contribution in [0, 0.1) is 19.7 Å². The maximum atomic E-state index is 13.4. The minimum Gasteiger partial charge on any atom is -0.493 e. The van der Waals surface area contributed by atoms with Crippen LogP contribution < -0.4 is 14.8 Å². The second kappa shape index (κ2) is 9.16. The fraction of sp³-hybridized carbons (Fsp3) is 0.154. The highest BCUT2D eigenvalue weighted by atomic mass is 19.1. The van der Waals surface area contributed by atoms with E-state index in [1.807, 2.05) is 38.1 Å². The van der Waals surface area contributed by atoms with Gasteiger partial charge in [0.25, 0.3) is 5.91 Å². The van der Waals surface area contributed by atoms with E-state index in [9.17, 15) is 9.18 Å². The average Bonchev–Trinajstić information content (AvgIpc) is 3.26. The summed E-state index contributed by atoms with van der Waals surface area (Å²) in [6.45, 7) is 3.86. The smallest absolute Gasteiger partial charge is 0.259 e. The molecule has 0 aliphatic rings. The molecular weight excluding hydrogens is 421 g/mol. The highest BCUT2D eigenvalue weighted by Gasteiger charge is 2.20. The number of nitrogens with one attached hydrogen (secondary N) is 1. The average molecular weight is 445 g/mol. The molecule has 6 nitrogen and oxygen atoms in total. The van der Waals surface area contributed by atoms with Crippen LogP contribution in [-0.4, -0.2) is 29.9 Å². The summed E-state index contributed by atoms with van der Waals surface area (Å²) in [6, 6.07) is 17.2. The fourth-order valence-corrected chi connectivity index (χ4v) is 3.58. The topological polar surface area (TPSA) is 65.4 Å². The lowest BCUT2D eigenvalue weighted by Crippen LogP contribution is -2.13. The molecule has 0 fully saturated rings. The largest absolute Gasteiger partial charge is 0.493 e. The van der Waals surface area contributed by atoms with Crippen molar-refractivity contribution in [3.05, 3.63) is 89.4 Å². The van der Waals surface area contributed by atoms with E-state index in [0.717, 1.165) is 16.7 Å². The minimum absolute atomic E-state index is 0.324. The van der Waals surface area contributed by atoms with Crippen LogP contribution in [0.15, 0.2) is 66.9 Å². The molecule has 0 spiro atoms. The molecule has 0 atom stereocenters. The Kier molecular flexibility index (Phi) is 6.13. The van der Waals surface area contributed by atoms with E-state index in [4.69, 9.17) is 9.47 Å². The summed E-state index contributed by atoms with van der Waals surface area (Å²) >= 11 is 0. The maximum Gasteiger partial charge on any atom is 0.259 e. The Morgan fingerprint density at radius 1 is 0.970 bits per heavy atom. The number of halogens is 1. The Hall–Kier alpha value is -4.13. The third-order valence-corrected chi connectivity index (χ3v) is 5.32. The number of carbonyl (C=O) groups excluding carboxylic acids is 1. The van der Waals surface area contributed by atoms with Gasteiger partial charge in [-0.2, -0.15) is 5.10 Å². The first kappa shape index (κ1) is 22.1. The fourth-order valence-electron chi connectivity index (χ4n) is 3.58. The van der Waals surface area contributed by atoms with E-state index in [2.05, 4.69) is 10.4 Å². The van der Waals surface area contributed by atoms with Crippen molar-refractivity contribution in [1.82, 2.24) is 9.78 Å². The molecule has 0 unspecified atom stereocenters. The molecule has 0 radical (unpaired) electrons. The van der Waals surface area contributed by atoms with Gasteiger partial charge in [0.05, 0.1) is 25.5 Å². The number of aromatic nitrogens is 2. The lowest BCUT2D eigenvalue weighted by atomic mass is 10.1. The van der Waals surface area contributed by atoms with Crippen LogP contribution in [0.2, 0.25) is 0 Å². The lowest BCUT2D eigenvalue weighted by molar-refractivity contribution is 0.102. The van der Waals surface area contributed by atoms with E-state index in [0.29, 0.717) is 34.1 Å². The molecule has 7 heteroatoms. The molecule has 0 bridgehead atoms. The van der Waals surface area contributed by atoms with Gasteiger partial charge in [0.2, 0.25) is 0 Å². The first-order chi connectivity index (χ1) is 15.9. The number of methoxy groups -OCH3 is 2. The first-order valence-electron chi connectivity index (χ1n) is 10.4. The Labute approximate surface area is 191 Å². The van der Waals surface area contributed by atoms with Crippen molar-refractivity contribution in [2.45, 2.75) is 13.8 Å². The molecule has 3 aromatic carbocycles. The van der Waals surface area contributed by atoms with Gasteiger partial charge in [0.1, 0.15) is 11.5 Å².